The fourth-order valence-electron chi connectivity index (χ4n) is 3.67. The summed E-state index contributed by atoms with van der Waals surface area (Å²) in [4.78, 5) is 25.7. The first-order chi connectivity index (χ1) is 11.7. The summed E-state index contributed by atoms with van der Waals surface area (Å²) in [6.07, 6.45) is 3.49. The highest BCUT2D eigenvalue weighted by Crippen LogP contribution is 2.28. The van der Waals surface area contributed by atoms with E-state index in [4.69, 9.17) is 0 Å². The summed E-state index contributed by atoms with van der Waals surface area (Å²) in [6.45, 7) is 6.50. The fourth-order valence-corrected chi connectivity index (χ4v) is 3.67. The topological polar surface area (TPSA) is 61.4 Å². The van der Waals surface area contributed by atoms with Crippen LogP contribution in [-0.4, -0.2) is 38.0 Å². The second kappa shape index (κ2) is 7.79. The van der Waals surface area contributed by atoms with Crippen LogP contribution in [0.4, 0.5) is 5.69 Å². The number of hydrogen-bond donors (Lipinski definition) is 2. The van der Waals surface area contributed by atoms with Gasteiger partial charge in [-0.15, -0.1) is 0 Å². The lowest BCUT2D eigenvalue weighted by Gasteiger charge is -2.34. The first-order valence-electron chi connectivity index (χ1n) is 9.06. The Bertz CT molecular complexity index is 577. The molecule has 2 saturated heterocycles. The number of imide groups is 1. The van der Waals surface area contributed by atoms with Crippen molar-refractivity contribution in [3.8, 4) is 0 Å². The van der Waals surface area contributed by atoms with Crippen LogP contribution < -0.4 is 15.5 Å². The molecule has 0 aliphatic carbocycles. The molecule has 24 heavy (non-hydrogen) atoms. The van der Waals surface area contributed by atoms with Crippen LogP contribution in [0.15, 0.2) is 24.3 Å². The fraction of sp³-hybridized carbons (Fsp3) is 0.579. The molecule has 0 unspecified atom stereocenters. The molecule has 2 amide bonds. The Morgan fingerprint density at radius 1 is 1.12 bits per heavy atom. The lowest BCUT2D eigenvalue weighted by Crippen LogP contribution is -2.39. The van der Waals surface area contributed by atoms with E-state index in [1.165, 1.54) is 18.5 Å². The second-order valence-corrected chi connectivity index (χ2v) is 6.83. The Morgan fingerprint density at radius 3 is 2.46 bits per heavy atom. The molecular weight excluding hydrogens is 302 g/mol. The van der Waals surface area contributed by atoms with E-state index in [1.54, 1.807) is 0 Å². The van der Waals surface area contributed by atoms with Gasteiger partial charge in [-0.3, -0.25) is 14.9 Å². The number of rotatable bonds is 5. The zero-order valence-electron chi connectivity index (χ0n) is 14.4. The number of amides is 2. The molecule has 0 radical (unpaired) electrons. The number of nitrogens with one attached hydrogen (secondary N) is 2. The molecule has 0 spiro atoms. The Balaban J connectivity index is 1.57. The van der Waals surface area contributed by atoms with E-state index in [0.717, 1.165) is 37.7 Å². The lowest BCUT2D eigenvalue weighted by molar-refractivity contribution is -0.134. The van der Waals surface area contributed by atoms with E-state index in [2.05, 4.69) is 34.6 Å². The summed E-state index contributed by atoms with van der Waals surface area (Å²) < 4.78 is 0. The zero-order chi connectivity index (χ0) is 16.9. The highest BCUT2D eigenvalue weighted by atomic mass is 16.2. The molecule has 2 fully saturated rings. The minimum atomic E-state index is -0.192. The Kier molecular flexibility index (Phi) is 5.51. The molecule has 2 aliphatic rings. The summed E-state index contributed by atoms with van der Waals surface area (Å²) >= 11 is 0. The first kappa shape index (κ1) is 17.0. The second-order valence-electron chi connectivity index (χ2n) is 6.83. The standard InChI is InChI=1S/C19H27N3O2/c1-2-20-13-14-9-11-22(12-10-14)16-5-3-15(4-6-16)17-7-8-18(23)21-19(17)24/h3-6,14,17,20H,2,7-13H2,1H3,(H,21,23,24)/t17-/m1/s1. The summed E-state index contributed by atoms with van der Waals surface area (Å²) in [5.41, 5.74) is 2.23. The van der Waals surface area contributed by atoms with Gasteiger partial charge in [0, 0.05) is 25.2 Å². The SMILES string of the molecule is CCNCC1CCN(c2ccc([C@H]3CCC(=O)NC3=O)cc2)CC1. The number of benzene rings is 1. The van der Waals surface area contributed by atoms with E-state index in [1.807, 2.05) is 12.1 Å². The average Bonchev–Trinajstić information content (AvgIpc) is 2.61. The predicted molar refractivity (Wildman–Crippen MR) is 95.0 cm³/mol. The third kappa shape index (κ3) is 3.96. The molecule has 5 heteroatoms. The lowest BCUT2D eigenvalue weighted by atomic mass is 9.90. The number of piperidine rings is 2. The van der Waals surface area contributed by atoms with Crippen molar-refractivity contribution in [1.82, 2.24) is 10.6 Å². The Labute approximate surface area is 143 Å². The summed E-state index contributed by atoms with van der Waals surface area (Å²) in [5, 5.41) is 5.88. The van der Waals surface area contributed by atoms with E-state index < -0.39 is 0 Å². The van der Waals surface area contributed by atoms with E-state index in [9.17, 15) is 9.59 Å². The van der Waals surface area contributed by atoms with Crippen LogP contribution in [0, 0.1) is 5.92 Å². The average molecular weight is 329 g/mol. The predicted octanol–water partition coefficient (Wildman–Crippen LogP) is 2.03. The third-order valence-corrected chi connectivity index (χ3v) is 5.20. The van der Waals surface area contributed by atoms with Crippen LogP contribution in [0.1, 0.15) is 44.1 Å². The maximum Gasteiger partial charge on any atom is 0.234 e. The van der Waals surface area contributed by atoms with Gasteiger partial charge >= 0.3 is 0 Å². The van der Waals surface area contributed by atoms with Crippen molar-refractivity contribution in [2.45, 2.75) is 38.5 Å². The maximum atomic E-state index is 12.0. The minimum absolute atomic E-state index is 0.159. The number of anilines is 1. The van der Waals surface area contributed by atoms with Gasteiger partial charge in [-0.25, -0.2) is 0 Å². The Hall–Kier alpha value is -1.88. The molecule has 2 aliphatic heterocycles. The van der Waals surface area contributed by atoms with Crippen molar-refractivity contribution < 1.29 is 9.59 Å². The molecule has 0 bridgehead atoms. The van der Waals surface area contributed by atoms with Crippen molar-refractivity contribution in [2.24, 2.45) is 5.92 Å². The molecule has 2 N–H and O–H groups in total. The van der Waals surface area contributed by atoms with Crippen molar-refractivity contribution in [3.05, 3.63) is 29.8 Å². The molecule has 2 heterocycles. The van der Waals surface area contributed by atoms with Gasteiger partial charge in [0.1, 0.15) is 0 Å². The number of hydrogen-bond acceptors (Lipinski definition) is 4. The minimum Gasteiger partial charge on any atom is -0.372 e. The van der Waals surface area contributed by atoms with E-state index in [-0.39, 0.29) is 17.7 Å². The number of carbonyl (C=O) groups is 2. The molecule has 1 atom stereocenters. The molecule has 1 aromatic rings. The van der Waals surface area contributed by atoms with Gasteiger partial charge in [0.2, 0.25) is 11.8 Å². The number of nitrogens with zero attached hydrogens (tertiary/aromatic N) is 1. The van der Waals surface area contributed by atoms with E-state index in [0.29, 0.717) is 12.8 Å². The molecule has 0 saturated carbocycles. The molecular formula is C19H27N3O2. The van der Waals surface area contributed by atoms with Gasteiger partial charge in [-0.2, -0.15) is 0 Å². The van der Waals surface area contributed by atoms with Gasteiger partial charge < -0.3 is 10.2 Å². The van der Waals surface area contributed by atoms with Crippen LogP contribution in [0.5, 0.6) is 0 Å². The quantitative estimate of drug-likeness (QED) is 0.812. The third-order valence-electron chi connectivity index (χ3n) is 5.20. The van der Waals surface area contributed by atoms with Gasteiger partial charge in [-0.05, 0) is 56.0 Å². The van der Waals surface area contributed by atoms with Crippen LogP contribution >= 0.6 is 0 Å². The summed E-state index contributed by atoms with van der Waals surface area (Å²) in [6, 6.07) is 8.31. The molecule has 0 aromatic heterocycles. The summed E-state index contributed by atoms with van der Waals surface area (Å²) in [7, 11) is 0. The largest absolute Gasteiger partial charge is 0.372 e. The van der Waals surface area contributed by atoms with Gasteiger partial charge in [0.25, 0.3) is 0 Å². The van der Waals surface area contributed by atoms with Crippen LogP contribution in [-0.2, 0) is 9.59 Å². The molecule has 1 aromatic carbocycles. The van der Waals surface area contributed by atoms with Crippen LogP contribution in [0.3, 0.4) is 0 Å². The van der Waals surface area contributed by atoms with Gasteiger partial charge in [0.05, 0.1) is 5.92 Å². The summed E-state index contributed by atoms with van der Waals surface area (Å²) in [5.74, 6) is 0.267. The van der Waals surface area contributed by atoms with Gasteiger partial charge in [-0.1, -0.05) is 19.1 Å². The van der Waals surface area contributed by atoms with Crippen molar-refractivity contribution in [1.29, 1.82) is 0 Å². The molecule has 130 valence electrons. The molecule has 3 rings (SSSR count). The van der Waals surface area contributed by atoms with Crippen LogP contribution in [0.25, 0.3) is 0 Å². The maximum absolute atomic E-state index is 12.0. The first-order valence-corrected chi connectivity index (χ1v) is 9.06. The van der Waals surface area contributed by atoms with E-state index >= 15 is 0 Å². The Morgan fingerprint density at radius 2 is 1.83 bits per heavy atom. The molecule has 5 nitrogen and oxygen atoms in total. The van der Waals surface area contributed by atoms with Gasteiger partial charge in [0.15, 0.2) is 0 Å². The van der Waals surface area contributed by atoms with Crippen molar-refractivity contribution in [3.63, 3.8) is 0 Å². The monoisotopic (exact) mass is 329 g/mol. The number of carbonyl (C=O) groups excluding carboxylic acids is 2. The normalized spacial score (nSPS) is 22.5. The zero-order valence-corrected chi connectivity index (χ0v) is 14.4. The highest BCUT2D eigenvalue weighted by molar-refractivity contribution is 6.00. The smallest absolute Gasteiger partial charge is 0.234 e. The van der Waals surface area contributed by atoms with Crippen LogP contribution in [0.2, 0.25) is 0 Å². The van der Waals surface area contributed by atoms with Crippen molar-refractivity contribution >= 4 is 17.5 Å². The highest BCUT2D eigenvalue weighted by Gasteiger charge is 2.28. The van der Waals surface area contributed by atoms with Crippen molar-refractivity contribution in [2.75, 3.05) is 31.1 Å².